The van der Waals surface area contributed by atoms with Gasteiger partial charge in [-0.2, -0.15) is 5.10 Å². The van der Waals surface area contributed by atoms with Crippen molar-refractivity contribution in [1.82, 2.24) is 15.1 Å². The maximum absolute atomic E-state index is 12.3. The van der Waals surface area contributed by atoms with E-state index < -0.39 is 0 Å². The standard InChI is InChI=1S/C22H25N3O2/c1-15-6-5-7-16(2)21(15)27-14-18-8-10-19(11-9-18)22(26)23-13-20-12-17(3)24-25(20)4/h5-12H,13-14H2,1-4H3,(H,23,26). The number of amides is 1. The molecule has 0 saturated heterocycles. The van der Waals surface area contributed by atoms with Crippen LogP contribution in [0.4, 0.5) is 0 Å². The van der Waals surface area contributed by atoms with Crippen molar-refractivity contribution in [2.24, 2.45) is 7.05 Å². The van der Waals surface area contributed by atoms with Gasteiger partial charge in [0.15, 0.2) is 0 Å². The quantitative estimate of drug-likeness (QED) is 0.724. The molecule has 0 atom stereocenters. The molecule has 5 nitrogen and oxygen atoms in total. The number of hydrogen-bond donors (Lipinski definition) is 1. The molecule has 27 heavy (non-hydrogen) atoms. The third-order valence-electron chi connectivity index (χ3n) is 4.54. The number of nitrogens with one attached hydrogen (secondary N) is 1. The lowest BCUT2D eigenvalue weighted by Crippen LogP contribution is -2.24. The number of para-hydroxylation sites is 1. The zero-order chi connectivity index (χ0) is 19.4. The van der Waals surface area contributed by atoms with Crippen LogP contribution in [0.5, 0.6) is 5.75 Å². The summed E-state index contributed by atoms with van der Waals surface area (Å²) < 4.78 is 7.75. The molecule has 2 aromatic carbocycles. The first-order chi connectivity index (χ1) is 12.9. The molecule has 140 valence electrons. The van der Waals surface area contributed by atoms with Gasteiger partial charge in [0.2, 0.25) is 0 Å². The lowest BCUT2D eigenvalue weighted by molar-refractivity contribution is 0.0950. The van der Waals surface area contributed by atoms with Gasteiger partial charge in [0, 0.05) is 12.6 Å². The van der Waals surface area contributed by atoms with Crippen LogP contribution >= 0.6 is 0 Å². The second-order valence-electron chi connectivity index (χ2n) is 6.79. The Balaban J connectivity index is 1.58. The lowest BCUT2D eigenvalue weighted by Gasteiger charge is -2.12. The van der Waals surface area contributed by atoms with E-state index in [0.717, 1.165) is 33.8 Å². The van der Waals surface area contributed by atoms with E-state index in [-0.39, 0.29) is 5.91 Å². The first kappa shape index (κ1) is 18.7. The Morgan fingerprint density at radius 3 is 2.33 bits per heavy atom. The minimum Gasteiger partial charge on any atom is -0.488 e. The Kier molecular flexibility index (Phi) is 5.60. The number of aromatic nitrogens is 2. The Morgan fingerprint density at radius 2 is 1.74 bits per heavy atom. The van der Waals surface area contributed by atoms with Gasteiger partial charge < -0.3 is 10.1 Å². The fraction of sp³-hybridized carbons (Fsp3) is 0.273. The monoisotopic (exact) mass is 363 g/mol. The number of hydrogen-bond acceptors (Lipinski definition) is 3. The minimum absolute atomic E-state index is 0.101. The number of aryl methyl sites for hydroxylation is 4. The van der Waals surface area contributed by atoms with Gasteiger partial charge in [-0.15, -0.1) is 0 Å². The van der Waals surface area contributed by atoms with Crippen molar-refractivity contribution in [1.29, 1.82) is 0 Å². The Morgan fingerprint density at radius 1 is 1.07 bits per heavy atom. The highest BCUT2D eigenvalue weighted by molar-refractivity contribution is 5.94. The second-order valence-corrected chi connectivity index (χ2v) is 6.79. The molecule has 1 amide bonds. The summed E-state index contributed by atoms with van der Waals surface area (Å²) in [7, 11) is 1.87. The topological polar surface area (TPSA) is 56.1 Å². The highest BCUT2D eigenvalue weighted by Crippen LogP contribution is 2.23. The SMILES string of the molecule is Cc1cc(CNC(=O)c2ccc(COc3c(C)cccc3C)cc2)n(C)n1. The van der Waals surface area contributed by atoms with Gasteiger partial charge in [0.05, 0.1) is 17.9 Å². The predicted molar refractivity (Wildman–Crippen MR) is 106 cm³/mol. The van der Waals surface area contributed by atoms with Crippen molar-refractivity contribution in [3.8, 4) is 5.75 Å². The number of carbonyl (C=O) groups excluding carboxylic acids is 1. The maximum Gasteiger partial charge on any atom is 0.251 e. The molecular formula is C22H25N3O2. The third kappa shape index (κ3) is 4.56. The van der Waals surface area contributed by atoms with Crippen molar-refractivity contribution >= 4 is 5.91 Å². The summed E-state index contributed by atoms with van der Waals surface area (Å²) in [4.78, 5) is 12.3. The molecule has 0 aliphatic rings. The second kappa shape index (κ2) is 8.08. The van der Waals surface area contributed by atoms with Gasteiger partial charge >= 0.3 is 0 Å². The molecule has 0 unspecified atom stereocenters. The Bertz CT molecular complexity index is 922. The van der Waals surface area contributed by atoms with E-state index >= 15 is 0 Å². The van der Waals surface area contributed by atoms with Crippen molar-refractivity contribution in [3.05, 3.63) is 82.2 Å². The van der Waals surface area contributed by atoms with Crippen LogP contribution in [0.15, 0.2) is 48.5 Å². The molecular weight excluding hydrogens is 338 g/mol. The molecule has 1 heterocycles. The summed E-state index contributed by atoms with van der Waals surface area (Å²) in [6.07, 6.45) is 0. The van der Waals surface area contributed by atoms with Gasteiger partial charge in [0.1, 0.15) is 12.4 Å². The zero-order valence-corrected chi connectivity index (χ0v) is 16.2. The number of nitrogens with zero attached hydrogens (tertiary/aromatic N) is 2. The minimum atomic E-state index is -0.101. The number of carbonyl (C=O) groups is 1. The fourth-order valence-electron chi connectivity index (χ4n) is 3.04. The van der Waals surface area contributed by atoms with Crippen LogP contribution in [0.3, 0.4) is 0 Å². The van der Waals surface area contributed by atoms with Crippen molar-refractivity contribution in [3.63, 3.8) is 0 Å². The molecule has 3 rings (SSSR count). The third-order valence-corrected chi connectivity index (χ3v) is 4.54. The summed E-state index contributed by atoms with van der Waals surface area (Å²) in [5.41, 5.74) is 5.81. The van der Waals surface area contributed by atoms with Gasteiger partial charge in [0.25, 0.3) is 5.91 Å². The predicted octanol–water partition coefficient (Wildman–Crippen LogP) is 3.85. The Labute approximate surface area is 160 Å². The van der Waals surface area contributed by atoms with Crippen LogP contribution in [0.1, 0.15) is 38.4 Å². The summed E-state index contributed by atoms with van der Waals surface area (Å²) in [5.74, 6) is 0.821. The smallest absolute Gasteiger partial charge is 0.251 e. The average Bonchev–Trinajstić information content (AvgIpc) is 2.97. The summed E-state index contributed by atoms with van der Waals surface area (Å²) in [6.45, 7) is 6.94. The highest BCUT2D eigenvalue weighted by atomic mass is 16.5. The Hall–Kier alpha value is -3.08. The largest absolute Gasteiger partial charge is 0.488 e. The zero-order valence-electron chi connectivity index (χ0n) is 16.2. The average molecular weight is 363 g/mol. The van der Waals surface area contributed by atoms with E-state index in [9.17, 15) is 4.79 Å². The van der Waals surface area contributed by atoms with Crippen LogP contribution in [0, 0.1) is 20.8 Å². The summed E-state index contributed by atoms with van der Waals surface area (Å²) >= 11 is 0. The molecule has 0 aliphatic heterocycles. The van der Waals surface area contributed by atoms with E-state index in [1.807, 2.05) is 76.3 Å². The van der Waals surface area contributed by atoms with Crippen molar-refractivity contribution in [2.75, 3.05) is 0 Å². The van der Waals surface area contributed by atoms with E-state index in [4.69, 9.17) is 4.74 Å². The van der Waals surface area contributed by atoms with E-state index in [1.165, 1.54) is 0 Å². The van der Waals surface area contributed by atoms with Gasteiger partial charge in [-0.25, -0.2) is 0 Å². The molecule has 1 N–H and O–H groups in total. The van der Waals surface area contributed by atoms with E-state index in [0.29, 0.717) is 18.7 Å². The van der Waals surface area contributed by atoms with Crippen molar-refractivity contribution in [2.45, 2.75) is 33.9 Å². The molecule has 1 aromatic heterocycles. The van der Waals surface area contributed by atoms with E-state index in [1.54, 1.807) is 4.68 Å². The van der Waals surface area contributed by atoms with Crippen molar-refractivity contribution < 1.29 is 9.53 Å². The number of rotatable bonds is 6. The van der Waals surface area contributed by atoms with Gasteiger partial charge in [-0.3, -0.25) is 9.48 Å². The van der Waals surface area contributed by atoms with Crippen LogP contribution in [-0.2, 0) is 20.2 Å². The highest BCUT2D eigenvalue weighted by Gasteiger charge is 2.08. The molecule has 0 bridgehead atoms. The molecule has 0 spiro atoms. The van der Waals surface area contributed by atoms with Gasteiger partial charge in [-0.1, -0.05) is 30.3 Å². The maximum atomic E-state index is 12.3. The molecule has 0 aliphatic carbocycles. The molecule has 0 radical (unpaired) electrons. The summed E-state index contributed by atoms with van der Waals surface area (Å²) in [6, 6.07) is 15.6. The van der Waals surface area contributed by atoms with E-state index in [2.05, 4.69) is 10.4 Å². The molecule has 5 heteroatoms. The molecule has 3 aromatic rings. The number of benzene rings is 2. The summed E-state index contributed by atoms with van der Waals surface area (Å²) in [5, 5.41) is 7.21. The first-order valence-electron chi connectivity index (χ1n) is 8.99. The van der Waals surface area contributed by atoms with Crippen LogP contribution in [0.25, 0.3) is 0 Å². The number of ether oxygens (including phenoxy) is 1. The van der Waals surface area contributed by atoms with Crippen LogP contribution < -0.4 is 10.1 Å². The first-order valence-corrected chi connectivity index (χ1v) is 8.99. The molecule has 0 fully saturated rings. The van der Waals surface area contributed by atoms with Crippen LogP contribution in [0.2, 0.25) is 0 Å². The fourth-order valence-corrected chi connectivity index (χ4v) is 3.04. The van der Waals surface area contributed by atoms with Crippen LogP contribution in [-0.4, -0.2) is 15.7 Å². The lowest BCUT2D eigenvalue weighted by atomic mass is 10.1. The molecule has 0 saturated carbocycles. The normalized spacial score (nSPS) is 10.7. The van der Waals surface area contributed by atoms with Gasteiger partial charge in [-0.05, 0) is 55.7 Å².